The van der Waals surface area contributed by atoms with E-state index in [0.29, 0.717) is 12.0 Å². The first-order chi connectivity index (χ1) is 13.5. The van der Waals surface area contributed by atoms with E-state index in [-0.39, 0.29) is 33.1 Å². The van der Waals surface area contributed by atoms with Gasteiger partial charge in [-0.25, -0.2) is 8.78 Å². The fraction of sp³-hybridized carbons (Fsp3) is 0.435. The van der Waals surface area contributed by atoms with Gasteiger partial charge >= 0.3 is 0 Å². The van der Waals surface area contributed by atoms with Crippen LogP contribution in [0.15, 0.2) is 36.4 Å². The van der Waals surface area contributed by atoms with Crippen molar-refractivity contribution in [1.82, 2.24) is 5.32 Å². The molecule has 154 valence electrons. The number of benzene rings is 2. The maximum atomic E-state index is 15.2. The minimum absolute atomic E-state index is 0.0163. The van der Waals surface area contributed by atoms with Crippen molar-refractivity contribution in [3.8, 4) is 6.07 Å². The van der Waals surface area contributed by atoms with Crippen LogP contribution in [0.3, 0.4) is 0 Å². The highest BCUT2D eigenvalue weighted by Gasteiger charge is 2.58. The molecule has 4 atom stereocenters. The standard InChI is InChI=1S/C23H24Cl2F2N2/c1-13-20(15-6-5-7-17(25)21(15)27)23(12-28,19(29-13)11-22(2,3)4)16-9-8-14(24)10-18(16)26/h5-10,13,19-20,29H,11H2,1-4H3/t13-,19?,20?,23-/m0/s1. The molecule has 1 N–H and O–H groups in total. The van der Waals surface area contributed by atoms with E-state index in [4.69, 9.17) is 23.2 Å². The molecule has 2 unspecified atom stereocenters. The smallest absolute Gasteiger partial charge is 0.145 e. The van der Waals surface area contributed by atoms with Crippen molar-refractivity contribution in [2.45, 2.75) is 57.5 Å². The first-order valence-corrected chi connectivity index (χ1v) is 10.3. The van der Waals surface area contributed by atoms with E-state index in [1.54, 1.807) is 24.3 Å². The second kappa shape index (κ2) is 7.87. The van der Waals surface area contributed by atoms with Gasteiger partial charge in [-0.3, -0.25) is 0 Å². The molecule has 2 nitrogen and oxygen atoms in total. The Balaban J connectivity index is 2.31. The predicted molar refractivity (Wildman–Crippen MR) is 113 cm³/mol. The molecule has 0 amide bonds. The number of nitrogens with one attached hydrogen (secondary N) is 1. The summed E-state index contributed by atoms with van der Waals surface area (Å²) in [6, 6.07) is 10.8. The average molecular weight is 437 g/mol. The number of hydrogen-bond acceptors (Lipinski definition) is 2. The summed E-state index contributed by atoms with van der Waals surface area (Å²) in [6.45, 7) is 8.08. The molecular formula is C23H24Cl2F2N2. The molecule has 0 radical (unpaired) electrons. The number of nitrogens with zero attached hydrogens (tertiary/aromatic N) is 1. The zero-order valence-electron chi connectivity index (χ0n) is 16.9. The number of halogens is 4. The highest BCUT2D eigenvalue weighted by atomic mass is 35.5. The maximum Gasteiger partial charge on any atom is 0.145 e. The Kier molecular flexibility index (Phi) is 5.98. The Labute approximate surface area is 180 Å². The van der Waals surface area contributed by atoms with Crippen LogP contribution in [0.25, 0.3) is 0 Å². The van der Waals surface area contributed by atoms with Gasteiger partial charge in [-0.15, -0.1) is 0 Å². The van der Waals surface area contributed by atoms with Crippen molar-refractivity contribution < 1.29 is 8.78 Å². The average Bonchev–Trinajstić information content (AvgIpc) is 2.87. The summed E-state index contributed by atoms with van der Waals surface area (Å²) in [5.74, 6) is -1.77. The molecule has 29 heavy (non-hydrogen) atoms. The van der Waals surface area contributed by atoms with Crippen molar-refractivity contribution in [2.75, 3.05) is 0 Å². The number of hydrogen-bond donors (Lipinski definition) is 1. The normalized spacial score (nSPS) is 27.1. The van der Waals surface area contributed by atoms with E-state index in [9.17, 15) is 5.26 Å². The summed E-state index contributed by atoms with van der Waals surface area (Å²) in [5.41, 5.74) is -0.929. The first-order valence-electron chi connectivity index (χ1n) is 9.58. The maximum absolute atomic E-state index is 15.2. The number of rotatable bonds is 3. The fourth-order valence-electron chi connectivity index (χ4n) is 4.65. The van der Waals surface area contributed by atoms with Crippen LogP contribution in [0.4, 0.5) is 8.78 Å². The molecule has 1 aliphatic heterocycles. The van der Waals surface area contributed by atoms with Gasteiger partial charge in [-0.1, -0.05) is 62.2 Å². The lowest BCUT2D eigenvalue weighted by atomic mass is 9.63. The first kappa shape index (κ1) is 22.0. The molecule has 1 heterocycles. The Hall–Kier alpha value is -1.67. The van der Waals surface area contributed by atoms with Crippen LogP contribution >= 0.6 is 23.2 Å². The molecule has 1 fully saturated rings. The van der Waals surface area contributed by atoms with Crippen molar-refractivity contribution >= 4 is 23.2 Å². The van der Waals surface area contributed by atoms with Gasteiger partial charge < -0.3 is 5.32 Å². The molecule has 1 aliphatic rings. The van der Waals surface area contributed by atoms with Crippen LogP contribution in [0.1, 0.15) is 51.2 Å². The van der Waals surface area contributed by atoms with Gasteiger partial charge in [0.1, 0.15) is 17.0 Å². The summed E-state index contributed by atoms with van der Waals surface area (Å²) in [6.07, 6.45) is 0.603. The summed E-state index contributed by atoms with van der Waals surface area (Å²) in [5, 5.41) is 14.2. The van der Waals surface area contributed by atoms with Crippen LogP contribution in [0, 0.1) is 28.4 Å². The fourth-order valence-corrected chi connectivity index (χ4v) is 4.99. The highest BCUT2D eigenvalue weighted by Crippen LogP contribution is 2.52. The van der Waals surface area contributed by atoms with Crippen molar-refractivity contribution in [3.05, 3.63) is 69.2 Å². The van der Waals surface area contributed by atoms with Crippen LogP contribution in [-0.4, -0.2) is 12.1 Å². The Bertz CT molecular complexity index is 964. The lowest BCUT2D eigenvalue weighted by molar-refractivity contribution is 0.278. The van der Waals surface area contributed by atoms with Gasteiger partial charge in [0, 0.05) is 28.6 Å². The molecule has 0 spiro atoms. The molecule has 0 saturated carbocycles. The van der Waals surface area contributed by atoms with Crippen LogP contribution in [0.5, 0.6) is 0 Å². The Morgan fingerprint density at radius 2 is 1.86 bits per heavy atom. The van der Waals surface area contributed by atoms with Gasteiger partial charge in [0.05, 0.1) is 11.1 Å². The summed E-state index contributed by atoms with van der Waals surface area (Å²) in [7, 11) is 0. The van der Waals surface area contributed by atoms with E-state index in [1.165, 1.54) is 12.1 Å². The second-order valence-corrected chi connectivity index (χ2v) is 9.84. The minimum Gasteiger partial charge on any atom is -0.309 e. The van der Waals surface area contributed by atoms with E-state index < -0.39 is 23.0 Å². The third-order valence-electron chi connectivity index (χ3n) is 5.70. The molecule has 0 aromatic heterocycles. The third-order valence-corrected chi connectivity index (χ3v) is 6.23. The van der Waals surface area contributed by atoms with Crippen molar-refractivity contribution in [1.29, 1.82) is 5.26 Å². The quantitative estimate of drug-likeness (QED) is 0.586. The SMILES string of the molecule is C[C@@H]1NC(CC(C)(C)C)[C@](C#N)(c2ccc(Cl)cc2F)C1c1cccc(Cl)c1F. The molecular weight excluding hydrogens is 413 g/mol. The van der Waals surface area contributed by atoms with Crippen LogP contribution < -0.4 is 5.32 Å². The second-order valence-electron chi connectivity index (χ2n) is 9.00. The van der Waals surface area contributed by atoms with Gasteiger partial charge in [0.25, 0.3) is 0 Å². The monoisotopic (exact) mass is 436 g/mol. The van der Waals surface area contributed by atoms with E-state index >= 15 is 8.78 Å². The molecule has 3 rings (SSSR count). The van der Waals surface area contributed by atoms with Crippen molar-refractivity contribution in [3.63, 3.8) is 0 Å². The molecule has 2 aromatic carbocycles. The highest BCUT2D eigenvalue weighted by molar-refractivity contribution is 6.31. The topological polar surface area (TPSA) is 35.8 Å². The molecule has 2 aromatic rings. The lowest BCUT2D eigenvalue weighted by Gasteiger charge is -2.37. The minimum atomic E-state index is -1.33. The number of nitriles is 1. The molecule has 0 aliphatic carbocycles. The van der Waals surface area contributed by atoms with Crippen LogP contribution in [0.2, 0.25) is 10.0 Å². The van der Waals surface area contributed by atoms with Crippen molar-refractivity contribution in [2.24, 2.45) is 5.41 Å². The molecule has 1 saturated heterocycles. The zero-order chi connectivity index (χ0) is 21.6. The van der Waals surface area contributed by atoms with Gasteiger partial charge in [-0.05, 0) is 42.5 Å². The largest absolute Gasteiger partial charge is 0.309 e. The zero-order valence-corrected chi connectivity index (χ0v) is 18.4. The lowest BCUT2D eigenvalue weighted by Crippen LogP contribution is -2.44. The Morgan fingerprint density at radius 3 is 2.45 bits per heavy atom. The Morgan fingerprint density at radius 1 is 1.17 bits per heavy atom. The summed E-state index contributed by atoms with van der Waals surface area (Å²) >= 11 is 12.0. The molecule has 0 bridgehead atoms. The van der Waals surface area contributed by atoms with E-state index in [0.717, 1.165) is 0 Å². The van der Waals surface area contributed by atoms with E-state index in [1.807, 2.05) is 6.92 Å². The molecule has 6 heteroatoms. The van der Waals surface area contributed by atoms with Crippen LogP contribution in [-0.2, 0) is 5.41 Å². The van der Waals surface area contributed by atoms with E-state index in [2.05, 4.69) is 32.2 Å². The summed E-state index contributed by atoms with van der Waals surface area (Å²) < 4.78 is 30.2. The van der Waals surface area contributed by atoms with Gasteiger partial charge in [0.15, 0.2) is 0 Å². The van der Waals surface area contributed by atoms with Gasteiger partial charge in [0.2, 0.25) is 0 Å². The van der Waals surface area contributed by atoms with Gasteiger partial charge in [-0.2, -0.15) is 5.26 Å². The predicted octanol–water partition coefficient (Wildman–Crippen LogP) is 6.61. The summed E-state index contributed by atoms with van der Waals surface area (Å²) in [4.78, 5) is 0. The third kappa shape index (κ3) is 3.89.